The zero-order valence-corrected chi connectivity index (χ0v) is 22.4. The molecule has 5 aromatic rings. The second-order valence-corrected chi connectivity index (χ2v) is 9.75. The van der Waals surface area contributed by atoms with E-state index in [1.165, 1.54) is 50.6 Å². The zero-order chi connectivity index (χ0) is 25.9. The molecule has 0 saturated carbocycles. The Hall–Kier alpha value is -4.30. The molecule has 0 radical (unpaired) electrons. The number of nitrogens with zero attached hydrogens (tertiary/aromatic N) is 2. The van der Waals surface area contributed by atoms with Crippen molar-refractivity contribution in [2.75, 3.05) is 9.80 Å². The van der Waals surface area contributed by atoms with Gasteiger partial charge in [-0.05, 0) is 98.8 Å². The van der Waals surface area contributed by atoms with Gasteiger partial charge in [-0.3, -0.25) is 0 Å². The summed E-state index contributed by atoms with van der Waals surface area (Å²) in [6.45, 7) is 11.1. The summed E-state index contributed by atoms with van der Waals surface area (Å²) in [6, 6.07) is 41.0. The number of benzene rings is 5. The number of rotatable bonds is 6. The Morgan fingerprint density at radius 2 is 0.730 bits per heavy atom. The minimum atomic E-state index is 1.15. The number of hydrogen-bond acceptors (Lipinski definition) is 2. The van der Waals surface area contributed by atoms with Crippen molar-refractivity contribution in [1.82, 2.24) is 0 Å². The molecule has 0 aliphatic carbocycles. The van der Waals surface area contributed by atoms with Crippen molar-refractivity contribution >= 4 is 34.1 Å². The topological polar surface area (TPSA) is 6.48 Å². The fourth-order valence-corrected chi connectivity index (χ4v) is 5.41. The Morgan fingerprint density at radius 3 is 1.11 bits per heavy atom. The van der Waals surface area contributed by atoms with E-state index >= 15 is 0 Å². The van der Waals surface area contributed by atoms with E-state index in [1.54, 1.807) is 0 Å². The molecule has 184 valence electrons. The summed E-state index contributed by atoms with van der Waals surface area (Å²) in [4.78, 5) is 4.84. The molecule has 0 aliphatic rings. The van der Waals surface area contributed by atoms with Gasteiger partial charge in [-0.1, -0.05) is 78.9 Å². The highest BCUT2D eigenvalue weighted by atomic mass is 15.2. The van der Waals surface area contributed by atoms with Crippen molar-refractivity contribution < 1.29 is 0 Å². The van der Waals surface area contributed by atoms with E-state index in [-0.39, 0.29) is 0 Å². The molecule has 0 fully saturated rings. The van der Waals surface area contributed by atoms with Crippen molar-refractivity contribution in [3.05, 3.63) is 143 Å². The van der Waals surface area contributed by atoms with Gasteiger partial charge in [0.05, 0.1) is 11.4 Å². The molecule has 0 spiro atoms. The smallest absolute Gasteiger partial charge is 0.0541 e. The quantitative estimate of drug-likeness (QED) is 0.237. The third-order valence-electron chi connectivity index (χ3n) is 7.08. The number of anilines is 6. The molecule has 5 rings (SSSR count). The van der Waals surface area contributed by atoms with Gasteiger partial charge >= 0.3 is 0 Å². The van der Waals surface area contributed by atoms with Crippen LogP contribution in [0.1, 0.15) is 27.8 Å². The molecule has 0 heterocycles. The van der Waals surface area contributed by atoms with Crippen LogP contribution in [0, 0.1) is 34.6 Å². The molecule has 0 aliphatic heterocycles. The predicted molar refractivity (Wildman–Crippen MR) is 159 cm³/mol. The van der Waals surface area contributed by atoms with Crippen LogP contribution < -0.4 is 9.80 Å². The Bertz CT molecular complexity index is 1410. The summed E-state index contributed by atoms with van der Waals surface area (Å²) in [5.74, 6) is 0. The number of aryl methyl sites for hydroxylation is 4. The zero-order valence-electron chi connectivity index (χ0n) is 22.4. The summed E-state index contributed by atoms with van der Waals surface area (Å²) in [7, 11) is 0. The summed E-state index contributed by atoms with van der Waals surface area (Å²) in [6.07, 6.45) is 0. The monoisotopic (exact) mass is 482 g/mol. The Morgan fingerprint density at radius 1 is 0.378 bits per heavy atom. The molecule has 37 heavy (non-hydrogen) atoms. The molecular weight excluding hydrogens is 448 g/mol. The Balaban J connectivity index is 1.83. The molecule has 0 N–H and O–H groups in total. The first-order valence-electron chi connectivity index (χ1n) is 12.9. The Labute approximate surface area is 221 Å². The van der Waals surface area contributed by atoms with Gasteiger partial charge in [-0.2, -0.15) is 0 Å². The fourth-order valence-electron chi connectivity index (χ4n) is 5.41. The lowest BCUT2D eigenvalue weighted by atomic mass is 9.97. The molecule has 0 aromatic heterocycles. The summed E-state index contributed by atoms with van der Waals surface area (Å²) < 4.78 is 0. The van der Waals surface area contributed by atoms with E-state index in [4.69, 9.17) is 0 Å². The lowest BCUT2D eigenvalue weighted by Crippen LogP contribution is -2.19. The van der Waals surface area contributed by atoms with Crippen LogP contribution in [0.5, 0.6) is 0 Å². The van der Waals surface area contributed by atoms with E-state index in [0.717, 1.165) is 11.4 Å². The van der Waals surface area contributed by atoms with Crippen LogP contribution in [0.2, 0.25) is 0 Å². The van der Waals surface area contributed by atoms with E-state index in [1.807, 2.05) is 0 Å². The third kappa shape index (κ3) is 4.63. The van der Waals surface area contributed by atoms with Crippen molar-refractivity contribution in [1.29, 1.82) is 0 Å². The summed E-state index contributed by atoms with van der Waals surface area (Å²) >= 11 is 0. The summed E-state index contributed by atoms with van der Waals surface area (Å²) in [5.41, 5.74) is 13.4. The van der Waals surface area contributed by atoms with Crippen LogP contribution >= 0.6 is 0 Å². The standard InChI is InChI=1S/C35H34N2/c1-25-16-12-14-22-32(25)36(30-18-8-6-9-19-30)34-27(3)24-28(4)35(29(34)5)37(31-20-10-7-11-21-31)33-23-15-13-17-26(33)2/h6-24H,1-5H3. The van der Waals surface area contributed by atoms with Crippen LogP contribution in [-0.2, 0) is 0 Å². The van der Waals surface area contributed by atoms with E-state index in [2.05, 4.69) is 160 Å². The van der Waals surface area contributed by atoms with Crippen molar-refractivity contribution in [2.24, 2.45) is 0 Å². The van der Waals surface area contributed by atoms with Crippen molar-refractivity contribution in [3.63, 3.8) is 0 Å². The van der Waals surface area contributed by atoms with Crippen LogP contribution in [0.4, 0.5) is 34.1 Å². The van der Waals surface area contributed by atoms with Gasteiger partial charge in [0.1, 0.15) is 0 Å². The molecular formula is C35H34N2. The Kier molecular flexibility index (Phi) is 6.83. The maximum absolute atomic E-state index is 2.42. The lowest BCUT2D eigenvalue weighted by Gasteiger charge is -2.35. The normalized spacial score (nSPS) is 10.8. The first-order valence-corrected chi connectivity index (χ1v) is 12.9. The van der Waals surface area contributed by atoms with Gasteiger partial charge in [0.25, 0.3) is 0 Å². The van der Waals surface area contributed by atoms with E-state index in [0.29, 0.717) is 0 Å². The van der Waals surface area contributed by atoms with Crippen molar-refractivity contribution in [2.45, 2.75) is 34.6 Å². The second-order valence-electron chi connectivity index (χ2n) is 9.75. The van der Waals surface area contributed by atoms with Gasteiger partial charge < -0.3 is 9.80 Å². The molecule has 0 unspecified atom stereocenters. The third-order valence-corrected chi connectivity index (χ3v) is 7.08. The molecule has 0 saturated heterocycles. The van der Waals surface area contributed by atoms with Crippen LogP contribution in [0.15, 0.2) is 115 Å². The first-order chi connectivity index (χ1) is 18.0. The van der Waals surface area contributed by atoms with E-state index < -0.39 is 0 Å². The second kappa shape index (κ2) is 10.4. The number of para-hydroxylation sites is 4. The van der Waals surface area contributed by atoms with Gasteiger partial charge in [0.15, 0.2) is 0 Å². The highest BCUT2D eigenvalue weighted by Gasteiger charge is 2.25. The minimum absolute atomic E-state index is 1.15. The average molecular weight is 483 g/mol. The van der Waals surface area contributed by atoms with Crippen molar-refractivity contribution in [3.8, 4) is 0 Å². The van der Waals surface area contributed by atoms with Crippen LogP contribution in [0.25, 0.3) is 0 Å². The highest BCUT2D eigenvalue weighted by molar-refractivity contribution is 5.90. The average Bonchev–Trinajstić information content (AvgIpc) is 2.91. The highest BCUT2D eigenvalue weighted by Crippen LogP contribution is 2.47. The molecule has 2 nitrogen and oxygen atoms in total. The van der Waals surface area contributed by atoms with Gasteiger partial charge in [-0.25, -0.2) is 0 Å². The predicted octanol–water partition coefficient (Wildman–Crippen LogP) is 10.2. The minimum Gasteiger partial charge on any atom is -0.310 e. The fraction of sp³-hybridized carbons (Fsp3) is 0.143. The molecule has 2 heteroatoms. The SMILES string of the molecule is Cc1ccccc1N(c1ccccc1)c1c(C)cc(C)c(N(c2ccccc2)c2ccccc2C)c1C. The number of hydrogen-bond donors (Lipinski definition) is 0. The molecule has 0 amide bonds. The largest absolute Gasteiger partial charge is 0.310 e. The molecule has 0 atom stereocenters. The maximum Gasteiger partial charge on any atom is 0.0541 e. The maximum atomic E-state index is 2.42. The van der Waals surface area contributed by atoms with Gasteiger partial charge in [0, 0.05) is 22.7 Å². The first kappa shape index (κ1) is 24.4. The lowest BCUT2D eigenvalue weighted by molar-refractivity contribution is 1.15. The van der Waals surface area contributed by atoms with Crippen LogP contribution in [0.3, 0.4) is 0 Å². The van der Waals surface area contributed by atoms with Crippen LogP contribution in [-0.4, -0.2) is 0 Å². The molecule has 0 bridgehead atoms. The van der Waals surface area contributed by atoms with Gasteiger partial charge in [0.2, 0.25) is 0 Å². The van der Waals surface area contributed by atoms with E-state index in [9.17, 15) is 0 Å². The summed E-state index contributed by atoms with van der Waals surface area (Å²) in [5, 5.41) is 0. The molecule has 5 aromatic carbocycles. The van der Waals surface area contributed by atoms with Gasteiger partial charge in [-0.15, -0.1) is 0 Å².